The van der Waals surface area contributed by atoms with Crippen LogP contribution in [0.15, 0.2) is 0 Å². The fourth-order valence-corrected chi connectivity index (χ4v) is 1.34. The highest BCUT2D eigenvalue weighted by Gasteiger charge is 2.27. The van der Waals surface area contributed by atoms with Crippen LogP contribution in [0.4, 0.5) is 0 Å². The van der Waals surface area contributed by atoms with Crippen LogP contribution in [0.3, 0.4) is 0 Å². The third-order valence-corrected chi connectivity index (χ3v) is 2.00. The number of rotatable bonds is 1. The summed E-state index contributed by atoms with van der Waals surface area (Å²) in [5.74, 6) is 0.0674. The monoisotopic (exact) mass is 157 g/mol. The summed E-state index contributed by atoms with van der Waals surface area (Å²) in [4.78, 5) is 12.9. The van der Waals surface area contributed by atoms with Crippen LogP contribution >= 0.6 is 0 Å². The van der Waals surface area contributed by atoms with Gasteiger partial charge in [0.1, 0.15) is 6.23 Å². The molecule has 11 heavy (non-hydrogen) atoms. The largest absolute Gasteiger partial charge is 0.374 e. The molecule has 1 heterocycles. The van der Waals surface area contributed by atoms with E-state index in [0.29, 0.717) is 0 Å². The highest BCUT2D eigenvalue weighted by Crippen LogP contribution is 2.16. The molecule has 1 fully saturated rings. The molecule has 0 aromatic rings. The van der Waals surface area contributed by atoms with Gasteiger partial charge in [-0.05, 0) is 12.8 Å². The molecule has 1 saturated heterocycles. The van der Waals surface area contributed by atoms with Gasteiger partial charge >= 0.3 is 0 Å². The van der Waals surface area contributed by atoms with E-state index in [1.54, 1.807) is 4.90 Å². The van der Waals surface area contributed by atoms with Crippen LogP contribution in [0.5, 0.6) is 0 Å². The van der Waals surface area contributed by atoms with Gasteiger partial charge < -0.3 is 10.0 Å². The molecule has 1 aliphatic rings. The van der Waals surface area contributed by atoms with Gasteiger partial charge in [0.15, 0.2) is 0 Å². The van der Waals surface area contributed by atoms with Gasteiger partial charge in [-0.1, -0.05) is 13.8 Å². The van der Waals surface area contributed by atoms with Crippen LogP contribution in [0.2, 0.25) is 0 Å². The molecule has 1 N–H and O–H groups in total. The number of carbonyl (C=O) groups excluding carboxylic acids is 1. The maximum absolute atomic E-state index is 11.3. The predicted molar refractivity (Wildman–Crippen MR) is 41.8 cm³/mol. The van der Waals surface area contributed by atoms with E-state index >= 15 is 0 Å². The Morgan fingerprint density at radius 2 is 2.27 bits per heavy atom. The Kier molecular flexibility index (Phi) is 2.49. The smallest absolute Gasteiger partial charge is 0.227 e. The lowest BCUT2D eigenvalue weighted by atomic mass is 10.2. The van der Waals surface area contributed by atoms with Crippen LogP contribution in [0, 0.1) is 5.92 Å². The molecule has 1 atom stereocenters. The van der Waals surface area contributed by atoms with Crippen molar-refractivity contribution in [3.8, 4) is 0 Å². The number of aliphatic hydroxyl groups is 1. The minimum Gasteiger partial charge on any atom is -0.374 e. The topological polar surface area (TPSA) is 40.5 Å². The third-order valence-electron chi connectivity index (χ3n) is 2.00. The van der Waals surface area contributed by atoms with E-state index in [9.17, 15) is 9.90 Å². The standard InChI is InChI=1S/C8H15NO2/c1-6(2)8(11)9-5-3-4-7(9)10/h6-7,10H,3-5H2,1-2H3. The summed E-state index contributed by atoms with van der Waals surface area (Å²) in [6.45, 7) is 4.43. The van der Waals surface area contributed by atoms with Crippen molar-refractivity contribution in [2.24, 2.45) is 5.92 Å². The van der Waals surface area contributed by atoms with Gasteiger partial charge in [-0.2, -0.15) is 0 Å². The first-order valence-corrected chi connectivity index (χ1v) is 4.11. The molecule has 0 radical (unpaired) electrons. The minimum absolute atomic E-state index is 0.00255. The van der Waals surface area contributed by atoms with E-state index in [-0.39, 0.29) is 11.8 Å². The SMILES string of the molecule is CC(C)C(=O)N1CCCC1O. The lowest BCUT2D eigenvalue weighted by Crippen LogP contribution is -2.37. The van der Waals surface area contributed by atoms with Crippen molar-refractivity contribution in [2.45, 2.75) is 32.9 Å². The number of hydrogen-bond donors (Lipinski definition) is 1. The summed E-state index contributed by atoms with van der Waals surface area (Å²) < 4.78 is 0. The zero-order valence-electron chi connectivity index (χ0n) is 7.08. The first-order valence-electron chi connectivity index (χ1n) is 4.11. The summed E-state index contributed by atoms with van der Waals surface area (Å²) >= 11 is 0. The molecule has 3 heteroatoms. The van der Waals surface area contributed by atoms with Crippen LogP contribution in [0.25, 0.3) is 0 Å². The molecular formula is C8H15NO2. The van der Waals surface area contributed by atoms with E-state index < -0.39 is 6.23 Å². The maximum atomic E-state index is 11.3. The molecule has 0 spiro atoms. The van der Waals surface area contributed by atoms with Gasteiger partial charge in [0.05, 0.1) is 0 Å². The number of amides is 1. The van der Waals surface area contributed by atoms with Crippen molar-refractivity contribution in [2.75, 3.05) is 6.54 Å². The van der Waals surface area contributed by atoms with Gasteiger partial charge in [0, 0.05) is 12.5 Å². The molecule has 1 aliphatic heterocycles. The summed E-state index contributed by atoms with van der Waals surface area (Å²) in [6.07, 6.45) is 1.14. The second-order valence-corrected chi connectivity index (χ2v) is 3.31. The summed E-state index contributed by atoms with van der Waals surface area (Å²) in [5, 5.41) is 9.31. The predicted octanol–water partition coefficient (Wildman–Crippen LogP) is 0.583. The van der Waals surface area contributed by atoms with E-state index in [1.807, 2.05) is 13.8 Å². The average Bonchev–Trinajstić information content (AvgIpc) is 2.33. The van der Waals surface area contributed by atoms with E-state index in [4.69, 9.17) is 0 Å². The first kappa shape index (κ1) is 8.53. The van der Waals surface area contributed by atoms with Gasteiger partial charge in [0.25, 0.3) is 0 Å². The van der Waals surface area contributed by atoms with Crippen molar-refractivity contribution >= 4 is 5.91 Å². The third kappa shape index (κ3) is 1.71. The highest BCUT2D eigenvalue weighted by molar-refractivity contribution is 5.78. The zero-order chi connectivity index (χ0) is 8.43. The second kappa shape index (κ2) is 3.22. The Bertz CT molecular complexity index is 156. The van der Waals surface area contributed by atoms with Crippen molar-refractivity contribution in [1.82, 2.24) is 4.90 Å². The van der Waals surface area contributed by atoms with Crippen LogP contribution in [0.1, 0.15) is 26.7 Å². The molecule has 0 saturated carbocycles. The molecule has 3 nitrogen and oxygen atoms in total. The number of nitrogens with zero attached hydrogens (tertiary/aromatic N) is 1. The molecule has 0 aromatic heterocycles. The van der Waals surface area contributed by atoms with Crippen molar-refractivity contribution in [1.29, 1.82) is 0 Å². The maximum Gasteiger partial charge on any atom is 0.227 e. The Hall–Kier alpha value is -0.570. The molecule has 1 unspecified atom stereocenters. The molecule has 64 valence electrons. The Morgan fingerprint density at radius 3 is 2.64 bits per heavy atom. The van der Waals surface area contributed by atoms with Crippen LogP contribution < -0.4 is 0 Å². The Labute approximate surface area is 67.0 Å². The Morgan fingerprint density at radius 1 is 1.64 bits per heavy atom. The minimum atomic E-state index is -0.523. The molecule has 0 bridgehead atoms. The summed E-state index contributed by atoms with van der Waals surface area (Å²) in [7, 11) is 0. The first-order chi connectivity index (χ1) is 5.13. The highest BCUT2D eigenvalue weighted by atomic mass is 16.3. The fourth-order valence-electron chi connectivity index (χ4n) is 1.34. The number of likely N-dealkylation sites (tertiary alicyclic amines) is 1. The fraction of sp³-hybridized carbons (Fsp3) is 0.875. The normalized spacial score (nSPS) is 24.7. The van der Waals surface area contributed by atoms with Gasteiger partial charge in [-0.15, -0.1) is 0 Å². The van der Waals surface area contributed by atoms with Crippen LogP contribution in [-0.2, 0) is 4.79 Å². The molecule has 0 aromatic carbocycles. The summed E-state index contributed by atoms with van der Waals surface area (Å²) in [5.41, 5.74) is 0. The molecule has 1 rings (SSSR count). The average molecular weight is 157 g/mol. The number of aliphatic hydroxyl groups excluding tert-OH is 1. The molecule has 0 aliphatic carbocycles. The van der Waals surface area contributed by atoms with Crippen molar-refractivity contribution in [3.63, 3.8) is 0 Å². The van der Waals surface area contributed by atoms with E-state index in [2.05, 4.69) is 0 Å². The van der Waals surface area contributed by atoms with E-state index in [1.165, 1.54) is 0 Å². The molecular weight excluding hydrogens is 142 g/mol. The number of carbonyl (C=O) groups is 1. The zero-order valence-corrected chi connectivity index (χ0v) is 7.08. The van der Waals surface area contributed by atoms with Crippen LogP contribution in [-0.4, -0.2) is 28.7 Å². The Balaban J connectivity index is 2.53. The van der Waals surface area contributed by atoms with Crippen molar-refractivity contribution < 1.29 is 9.90 Å². The van der Waals surface area contributed by atoms with Crippen molar-refractivity contribution in [3.05, 3.63) is 0 Å². The van der Waals surface area contributed by atoms with Gasteiger partial charge in [-0.25, -0.2) is 0 Å². The lowest BCUT2D eigenvalue weighted by Gasteiger charge is -2.21. The lowest BCUT2D eigenvalue weighted by molar-refractivity contribution is -0.141. The quantitative estimate of drug-likeness (QED) is 0.605. The molecule has 1 amide bonds. The second-order valence-electron chi connectivity index (χ2n) is 3.31. The van der Waals surface area contributed by atoms with Gasteiger partial charge in [0.2, 0.25) is 5.91 Å². The summed E-state index contributed by atoms with van der Waals surface area (Å²) in [6, 6.07) is 0. The van der Waals surface area contributed by atoms with Gasteiger partial charge in [-0.3, -0.25) is 4.79 Å². The number of hydrogen-bond acceptors (Lipinski definition) is 2. The van der Waals surface area contributed by atoms with E-state index in [0.717, 1.165) is 19.4 Å².